The van der Waals surface area contributed by atoms with Crippen LogP contribution in [-0.2, 0) is 11.2 Å². The molecule has 0 amide bonds. The maximum atomic E-state index is 13.6. The molecule has 0 N–H and O–H groups in total. The normalized spacial score (nSPS) is 38.3. The van der Waals surface area contributed by atoms with Crippen LogP contribution in [0, 0.1) is 41.2 Å². The quantitative estimate of drug-likeness (QED) is 0.816. The largest absolute Gasteiger partial charge is 0.299 e. The second-order valence-corrected chi connectivity index (χ2v) is 6.39. The first-order valence-electron chi connectivity index (χ1n) is 7.12. The molecule has 4 atom stereocenters. The Morgan fingerprint density at radius 1 is 1.16 bits per heavy atom. The van der Waals surface area contributed by atoms with Crippen molar-refractivity contribution in [2.24, 2.45) is 29.6 Å². The molecule has 3 aliphatic carbocycles. The first-order chi connectivity index (χ1) is 9.15. The molecule has 0 aliphatic heterocycles. The first kappa shape index (κ1) is 11.6. The molecule has 19 heavy (non-hydrogen) atoms. The van der Waals surface area contributed by atoms with Crippen LogP contribution in [0.5, 0.6) is 0 Å². The molecule has 0 saturated heterocycles. The molecule has 0 heterocycles. The molecule has 1 aromatic carbocycles. The van der Waals surface area contributed by atoms with Gasteiger partial charge >= 0.3 is 0 Å². The fourth-order valence-corrected chi connectivity index (χ4v) is 4.74. The number of carbonyl (C=O) groups is 1. The van der Waals surface area contributed by atoms with E-state index in [0.717, 1.165) is 30.0 Å². The third-order valence-corrected chi connectivity index (χ3v) is 5.48. The van der Waals surface area contributed by atoms with Crippen molar-refractivity contribution in [1.82, 2.24) is 0 Å². The molecule has 0 aromatic heterocycles. The van der Waals surface area contributed by atoms with Crippen LogP contribution in [0.1, 0.15) is 24.8 Å². The first-order valence-corrected chi connectivity index (χ1v) is 7.12. The van der Waals surface area contributed by atoms with Crippen LogP contribution in [0.4, 0.5) is 8.78 Å². The van der Waals surface area contributed by atoms with Crippen LogP contribution < -0.4 is 0 Å². The predicted octanol–water partition coefficient (Wildman–Crippen LogP) is 3.37. The van der Waals surface area contributed by atoms with Gasteiger partial charge in [0.15, 0.2) is 0 Å². The molecule has 3 heteroatoms. The number of hydrogen-bond acceptors (Lipinski definition) is 1. The zero-order valence-electron chi connectivity index (χ0n) is 10.6. The van der Waals surface area contributed by atoms with Crippen molar-refractivity contribution < 1.29 is 13.6 Å². The van der Waals surface area contributed by atoms with Crippen molar-refractivity contribution >= 4 is 5.78 Å². The molecule has 1 aromatic rings. The number of benzene rings is 1. The van der Waals surface area contributed by atoms with Crippen LogP contribution >= 0.6 is 0 Å². The number of Topliss-reactive ketones (excluding diaryl/α,β-unsaturated/α-hetero) is 1. The Bertz CT molecular complexity index is 538. The summed E-state index contributed by atoms with van der Waals surface area (Å²) in [6.45, 7) is 0. The Hall–Kier alpha value is -1.25. The van der Waals surface area contributed by atoms with Crippen LogP contribution in [0.15, 0.2) is 18.2 Å². The van der Waals surface area contributed by atoms with Gasteiger partial charge in [-0.1, -0.05) is 0 Å². The molecule has 0 radical (unpaired) electrons. The van der Waals surface area contributed by atoms with Crippen LogP contribution in [0.3, 0.4) is 0 Å². The summed E-state index contributed by atoms with van der Waals surface area (Å²) in [4.78, 5) is 12.3. The van der Waals surface area contributed by atoms with E-state index in [2.05, 4.69) is 0 Å². The third-order valence-electron chi connectivity index (χ3n) is 5.48. The summed E-state index contributed by atoms with van der Waals surface area (Å²) in [5.41, 5.74) is 0.210. The molecule has 1 nitrogen and oxygen atoms in total. The minimum Gasteiger partial charge on any atom is -0.299 e. The van der Waals surface area contributed by atoms with Gasteiger partial charge in [0, 0.05) is 12.3 Å². The van der Waals surface area contributed by atoms with E-state index in [9.17, 15) is 13.6 Å². The minimum absolute atomic E-state index is 0.0562. The number of rotatable bonds is 3. The molecule has 3 fully saturated rings. The van der Waals surface area contributed by atoms with E-state index >= 15 is 0 Å². The second-order valence-electron chi connectivity index (χ2n) is 6.39. The summed E-state index contributed by atoms with van der Waals surface area (Å²) in [6, 6.07) is 3.35. The highest BCUT2D eigenvalue weighted by atomic mass is 19.1. The number of hydrogen-bond donors (Lipinski definition) is 0. The Balaban J connectivity index is 1.50. The Morgan fingerprint density at radius 3 is 2.53 bits per heavy atom. The van der Waals surface area contributed by atoms with Gasteiger partial charge in [-0.15, -0.1) is 0 Å². The fourth-order valence-electron chi connectivity index (χ4n) is 4.74. The summed E-state index contributed by atoms with van der Waals surface area (Å²) in [6.07, 6.45) is 3.89. The van der Waals surface area contributed by atoms with Gasteiger partial charge in [-0.3, -0.25) is 4.79 Å². The highest BCUT2D eigenvalue weighted by Crippen LogP contribution is 2.69. The van der Waals surface area contributed by atoms with Crippen LogP contribution in [0.2, 0.25) is 0 Å². The molecule has 4 unspecified atom stereocenters. The van der Waals surface area contributed by atoms with Gasteiger partial charge in [0.25, 0.3) is 0 Å². The average Bonchev–Trinajstić information content (AvgIpc) is 2.83. The lowest BCUT2D eigenvalue weighted by atomic mass is 9.96. The van der Waals surface area contributed by atoms with Gasteiger partial charge in [0.05, 0.1) is 0 Å². The lowest BCUT2D eigenvalue weighted by Gasteiger charge is -2.08. The summed E-state index contributed by atoms with van der Waals surface area (Å²) < 4.78 is 26.7. The van der Waals surface area contributed by atoms with Gasteiger partial charge in [-0.25, -0.2) is 8.78 Å². The van der Waals surface area contributed by atoms with Crippen molar-refractivity contribution in [2.75, 3.05) is 0 Å². The zero-order valence-corrected chi connectivity index (χ0v) is 10.6. The third kappa shape index (κ3) is 1.67. The SMILES string of the molecule is O=C(Cc1cc(F)ccc1F)C1C2C3CCC(C3)C12. The topological polar surface area (TPSA) is 17.1 Å². The van der Waals surface area contributed by atoms with E-state index in [-0.39, 0.29) is 23.7 Å². The predicted molar refractivity (Wildman–Crippen MR) is 66.4 cm³/mol. The van der Waals surface area contributed by atoms with Gasteiger partial charge in [0.1, 0.15) is 17.4 Å². The minimum atomic E-state index is -0.472. The average molecular weight is 262 g/mol. The number of carbonyl (C=O) groups excluding carboxylic acids is 1. The highest BCUT2D eigenvalue weighted by Gasteiger charge is 2.66. The zero-order chi connectivity index (χ0) is 13.1. The van der Waals surface area contributed by atoms with Gasteiger partial charge in [0.2, 0.25) is 0 Å². The Kier molecular flexibility index (Phi) is 2.36. The lowest BCUT2D eigenvalue weighted by molar-refractivity contribution is -0.120. The van der Waals surface area contributed by atoms with Crippen LogP contribution in [0.25, 0.3) is 0 Å². The standard InChI is InChI=1S/C16H16F2O/c17-11-3-4-12(18)10(6-11)7-13(19)16-14-8-1-2-9(5-8)15(14)16/h3-4,6,8-9,14-16H,1-2,5,7H2. The van der Waals surface area contributed by atoms with Crippen molar-refractivity contribution in [3.8, 4) is 0 Å². The molecule has 100 valence electrons. The molecule has 0 spiro atoms. The van der Waals surface area contributed by atoms with Crippen molar-refractivity contribution in [3.05, 3.63) is 35.4 Å². The fraction of sp³-hybridized carbons (Fsp3) is 0.562. The van der Waals surface area contributed by atoms with Gasteiger partial charge in [-0.2, -0.15) is 0 Å². The van der Waals surface area contributed by atoms with E-state index in [4.69, 9.17) is 0 Å². The Labute approximate surface area is 111 Å². The van der Waals surface area contributed by atoms with E-state index in [1.165, 1.54) is 19.3 Å². The van der Waals surface area contributed by atoms with Crippen molar-refractivity contribution in [1.29, 1.82) is 0 Å². The van der Waals surface area contributed by atoms with Crippen molar-refractivity contribution in [2.45, 2.75) is 25.7 Å². The molecule has 2 bridgehead atoms. The Morgan fingerprint density at radius 2 is 1.84 bits per heavy atom. The van der Waals surface area contributed by atoms with Gasteiger partial charge < -0.3 is 0 Å². The summed E-state index contributed by atoms with van der Waals surface area (Å²) in [5.74, 6) is 1.95. The monoisotopic (exact) mass is 262 g/mol. The number of ketones is 1. The van der Waals surface area contributed by atoms with E-state index in [1.807, 2.05) is 0 Å². The number of fused-ring (bicyclic) bond motifs is 5. The highest BCUT2D eigenvalue weighted by molar-refractivity contribution is 5.87. The summed E-state index contributed by atoms with van der Waals surface area (Å²) in [5, 5.41) is 0. The smallest absolute Gasteiger partial charge is 0.141 e. The summed E-state index contributed by atoms with van der Waals surface area (Å²) >= 11 is 0. The van der Waals surface area contributed by atoms with Crippen molar-refractivity contribution in [3.63, 3.8) is 0 Å². The maximum absolute atomic E-state index is 13.6. The summed E-state index contributed by atoms with van der Waals surface area (Å²) in [7, 11) is 0. The maximum Gasteiger partial charge on any atom is 0.141 e. The van der Waals surface area contributed by atoms with Gasteiger partial charge in [-0.05, 0) is 66.7 Å². The molecule has 3 saturated carbocycles. The number of halogens is 2. The second kappa shape index (κ2) is 3.87. The molecular formula is C16H16F2O. The lowest BCUT2D eigenvalue weighted by Crippen LogP contribution is -2.13. The van der Waals surface area contributed by atoms with E-state index < -0.39 is 11.6 Å². The molecular weight excluding hydrogens is 246 g/mol. The van der Waals surface area contributed by atoms with E-state index in [1.54, 1.807) is 0 Å². The molecule has 3 aliphatic rings. The van der Waals surface area contributed by atoms with E-state index in [0.29, 0.717) is 11.8 Å². The molecule has 4 rings (SSSR count). The van der Waals surface area contributed by atoms with Crippen LogP contribution in [-0.4, -0.2) is 5.78 Å².